The number of nitrogens with zero attached hydrogens (tertiary/aromatic N) is 1. The second kappa shape index (κ2) is 3.92. The molecule has 0 aromatic rings. The molecule has 0 radical (unpaired) electrons. The molecule has 2 aliphatic rings. The van der Waals surface area contributed by atoms with Crippen molar-refractivity contribution < 1.29 is 9.84 Å². The van der Waals surface area contributed by atoms with Crippen LogP contribution in [0.2, 0.25) is 0 Å². The van der Waals surface area contributed by atoms with Crippen LogP contribution in [0, 0.1) is 0 Å². The zero-order chi connectivity index (χ0) is 9.26. The first kappa shape index (κ1) is 9.40. The molecule has 4 heteroatoms. The van der Waals surface area contributed by atoms with E-state index in [9.17, 15) is 5.11 Å². The van der Waals surface area contributed by atoms with Crippen molar-refractivity contribution >= 4 is 0 Å². The quantitative estimate of drug-likeness (QED) is 0.561. The molecule has 0 unspecified atom stereocenters. The van der Waals surface area contributed by atoms with E-state index in [1.54, 1.807) is 0 Å². The summed E-state index contributed by atoms with van der Waals surface area (Å²) in [6.07, 6.45) is 1.83. The summed E-state index contributed by atoms with van der Waals surface area (Å²) in [6, 6.07) is 0.528. The van der Waals surface area contributed by atoms with Crippen LogP contribution in [0.25, 0.3) is 0 Å². The van der Waals surface area contributed by atoms with Crippen molar-refractivity contribution in [2.45, 2.75) is 31.0 Å². The Morgan fingerprint density at radius 1 is 1.23 bits per heavy atom. The fourth-order valence-corrected chi connectivity index (χ4v) is 2.19. The second-order valence-corrected chi connectivity index (χ2v) is 4.03. The molecule has 2 atom stereocenters. The van der Waals surface area contributed by atoms with Crippen molar-refractivity contribution in [3.05, 3.63) is 0 Å². The molecule has 2 saturated heterocycles. The molecule has 2 heterocycles. The van der Waals surface area contributed by atoms with Crippen LogP contribution in [0.15, 0.2) is 0 Å². The maximum Gasteiger partial charge on any atom is 0.0830 e. The molecule has 2 aliphatic heterocycles. The lowest BCUT2D eigenvalue weighted by Gasteiger charge is -2.30. The Morgan fingerprint density at radius 2 is 1.92 bits per heavy atom. The van der Waals surface area contributed by atoms with Gasteiger partial charge in [0, 0.05) is 38.4 Å². The summed E-state index contributed by atoms with van der Waals surface area (Å²) in [5, 5.41) is 9.50. The maximum absolute atomic E-state index is 9.50. The third kappa shape index (κ3) is 2.02. The van der Waals surface area contributed by atoms with Crippen LogP contribution in [0.1, 0.15) is 12.8 Å². The highest BCUT2D eigenvalue weighted by atomic mass is 16.5. The molecule has 0 bridgehead atoms. The third-order valence-electron chi connectivity index (χ3n) is 3.07. The van der Waals surface area contributed by atoms with E-state index in [1.165, 1.54) is 0 Å². The van der Waals surface area contributed by atoms with Gasteiger partial charge in [-0.15, -0.1) is 0 Å². The van der Waals surface area contributed by atoms with E-state index >= 15 is 0 Å². The standard InChI is InChI=1S/C9H18N2O2/c10-8-5-11(6-9(8)12)7-1-3-13-4-2-7/h7-9,12H,1-6,10H2/t8-,9-/m0/s1. The number of nitrogens with two attached hydrogens (primary N) is 1. The van der Waals surface area contributed by atoms with Gasteiger partial charge in [0.2, 0.25) is 0 Å². The van der Waals surface area contributed by atoms with Crippen molar-refractivity contribution in [1.29, 1.82) is 0 Å². The fraction of sp³-hybridized carbons (Fsp3) is 1.00. The zero-order valence-corrected chi connectivity index (χ0v) is 7.85. The van der Waals surface area contributed by atoms with Crippen LogP contribution in [0.5, 0.6) is 0 Å². The molecule has 2 rings (SSSR count). The fourth-order valence-electron chi connectivity index (χ4n) is 2.19. The summed E-state index contributed by atoms with van der Waals surface area (Å²) in [5.74, 6) is 0. The number of hydrogen-bond acceptors (Lipinski definition) is 4. The summed E-state index contributed by atoms with van der Waals surface area (Å²) in [4.78, 5) is 2.30. The number of aliphatic hydroxyl groups is 1. The van der Waals surface area contributed by atoms with Crippen LogP contribution in [-0.4, -0.2) is 54.5 Å². The minimum absolute atomic E-state index is 0.0529. The zero-order valence-electron chi connectivity index (χ0n) is 7.85. The number of likely N-dealkylation sites (tertiary alicyclic amines) is 1. The van der Waals surface area contributed by atoms with E-state index < -0.39 is 0 Å². The molecular formula is C9H18N2O2. The Balaban J connectivity index is 1.87. The van der Waals surface area contributed by atoms with Crippen molar-refractivity contribution in [1.82, 2.24) is 4.90 Å². The molecular weight excluding hydrogens is 168 g/mol. The predicted octanol–water partition coefficient (Wildman–Crippen LogP) is -0.831. The van der Waals surface area contributed by atoms with E-state index in [-0.39, 0.29) is 12.1 Å². The maximum atomic E-state index is 9.50. The highest BCUT2D eigenvalue weighted by Crippen LogP contribution is 2.19. The Labute approximate surface area is 78.7 Å². The molecule has 0 aromatic heterocycles. The Bertz CT molecular complexity index is 161. The first-order valence-electron chi connectivity index (χ1n) is 5.03. The van der Waals surface area contributed by atoms with Crippen LogP contribution in [0.3, 0.4) is 0 Å². The largest absolute Gasteiger partial charge is 0.390 e. The normalized spacial score (nSPS) is 38.3. The summed E-state index contributed by atoms with van der Waals surface area (Å²) in [6.45, 7) is 3.29. The van der Waals surface area contributed by atoms with Crippen molar-refractivity contribution in [2.75, 3.05) is 26.3 Å². The van der Waals surface area contributed by atoms with Gasteiger partial charge >= 0.3 is 0 Å². The summed E-state index contributed by atoms with van der Waals surface area (Å²) in [5.41, 5.74) is 5.75. The number of ether oxygens (including phenoxy) is 1. The molecule has 2 fully saturated rings. The topological polar surface area (TPSA) is 58.7 Å². The molecule has 0 spiro atoms. The monoisotopic (exact) mass is 186 g/mol. The molecule has 13 heavy (non-hydrogen) atoms. The first-order chi connectivity index (χ1) is 6.27. The average molecular weight is 186 g/mol. The van der Waals surface area contributed by atoms with E-state index in [1.807, 2.05) is 0 Å². The van der Waals surface area contributed by atoms with E-state index in [4.69, 9.17) is 10.5 Å². The van der Waals surface area contributed by atoms with Crippen LogP contribution >= 0.6 is 0 Å². The first-order valence-corrected chi connectivity index (χ1v) is 5.03. The van der Waals surface area contributed by atoms with Crippen molar-refractivity contribution in [2.24, 2.45) is 5.73 Å². The van der Waals surface area contributed by atoms with Gasteiger partial charge in [-0.05, 0) is 12.8 Å². The van der Waals surface area contributed by atoms with Gasteiger partial charge in [-0.25, -0.2) is 0 Å². The minimum Gasteiger partial charge on any atom is -0.390 e. The SMILES string of the molecule is N[C@H]1CN(C2CCOCC2)C[C@@H]1O. The van der Waals surface area contributed by atoms with Gasteiger partial charge < -0.3 is 15.6 Å². The van der Waals surface area contributed by atoms with Gasteiger partial charge in [0.05, 0.1) is 6.10 Å². The number of aliphatic hydroxyl groups excluding tert-OH is 1. The molecule has 3 N–H and O–H groups in total. The summed E-state index contributed by atoms with van der Waals surface area (Å²) < 4.78 is 5.29. The highest BCUT2D eigenvalue weighted by Gasteiger charge is 2.33. The number of rotatable bonds is 1. The Morgan fingerprint density at radius 3 is 2.46 bits per heavy atom. The van der Waals surface area contributed by atoms with E-state index in [2.05, 4.69) is 4.90 Å². The van der Waals surface area contributed by atoms with Gasteiger partial charge in [-0.2, -0.15) is 0 Å². The number of hydrogen-bond donors (Lipinski definition) is 2. The van der Waals surface area contributed by atoms with Crippen LogP contribution < -0.4 is 5.73 Å². The van der Waals surface area contributed by atoms with Crippen molar-refractivity contribution in [3.63, 3.8) is 0 Å². The van der Waals surface area contributed by atoms with Crippen LogP contribution in [0.4, 0.5) is 0 Å². The van der Waals surface area contributed by atoms with Gasteiger partial charge in [0.1, 0.15) is 0 Å². The van der Waals surface area contributed by atoms with Crippen LogP contribution in [-0.2, 0) is 4.74 Å². The number of β-amino-alcohol motifs (C(OH)–C–C–N with tert-alkyl or cyclic N) is 1. The highest BCUT2D eigenvalue weighted by molar-refractivity contribution is 4.90. The lowest BCUT2D eigenvalue weighted by molar-refractivity contribution is 0.0377. The van der Waals surface area contributed by atoms with E-state index in [0.29, 0.717) is 6.04 Å². The summed E-state index contributed by atoms with van der Waals surface area (Å²) in [7, 11) is 0. The van der Waals surface area contributed by atoms with Gasteiger partial charge in [0.25, 0.3) is 0 Å². The Hall–Kier alpha value is -0.160. The molecule has 0 amide bonds. The second-order valence-electron chi connectivity index (χ2n) is 4.03. The lowest BCUT2D eigenvalue weighted by Crippen LogP contribution is -2.39. The smallest absolute Gasteiger partial charge is 0.0830 e. The average Bonchev–Trinajstić information content (AvgIpc) is 2.49. The lowest BCUT2D eigenvalue weighted by atomic mass is 10.1. The molecule has 0 aliphatic carbocycles. The minimum atomic E-state index is -0.331. The molecule has 0 saturated carbocycles. The summed E-state index contributed by atoms with van der Waals surface area (Å²) >= 11 is 0. The van der Waals surface area contributed by atoms with Gasteiger partial charge in [-0.1, -0.05) is 0 Å². The van der Waals surface area contributed by atoms with Gasteiger partial charge in [-0.3, -0.25) is 4.90 Å². The molecule has 0 aromatic carbocycles. The molecule has 76 valence electrons. The van der Waals surface area contributed by atoms with Gasteiger partial charge in [0.15, 0.2) is 0 Å². The third-order valence-corrected chi connectivity index (χ3v) is 3.07. The van der Waals surface area contributed by atoms with E-state index in [0.717, 1.165) is 39.1 Å². The van der Waals surface area contributed by atoms with Crippen molar-refractivity contribution in [3.8, 4) is 0 Å². The predicted molar refractivity (Wildman–Crippen MR) is 49.4 cm³/mol. The molecule has 4 nitrogen and oxygen atoms in total. The Kier molecular flexibility index (Phi) is 2.83.